The van der Waals surface area contributed by atoms with E-state index >= 15 is 0 Å². The number of rotatable bonds is 3. The monoisotopic (exact) mass is 182 g/mol. The molecule has 5 heteroatoms. The second-order valence-corrected chi connectivity index (χ2v) is 3.19. The third kappa shape index (κ3) is 2.85. The van der Waals surface area contributed by atoms with Crippen molar-refractivity contribution in [1.82, 2.24) is 15.0 Å². The number of aromatic nitrogens is 3. The number of nitrogens with two attached hydrogens (primary N) is 1. The Bertz CT molecular complexity index is 287. The maximum Gasteiger partial charge on any atom is 0.321 e. The first-order chi connectivity index (χ1) is 6.11. The molecule has 5 nitrogen and oxygen atoms in total. The van der Waals surface area contributed by atoms with Crippen molar-refractivity contribution in [3.8, 4) is 6.01 Å². The summed E-state index contributed by atoms with van der Waals surface area (Å²) in [6, 6.07) is 0.281. The lowest BCUT2D eigenvalue weighted by Crippen LogP contribution is -2.07. The highest BCUT2D eigenvalue weighted by Crippen LogP contribution is 2.08. The minimum Gasteiger partial charge on any atom is -0.467 e. The van der Waals surface area contributed by atoms with Crippen molar-refractivity contribution in [2.45, 2.75) is 20.3 Å². The van der Waals surface area contributed by atoms with E-state index in [1.165, 1.54) is 7.11 Å². The summed E-state index contributed by atoms with van der Waals surface area (Å²) in [5.41, 5.74) is 5.47. The van der Waals surface area contributed by atoms with E-state index < -0.39 is 0 Å². The molecule has 0 unspecified atom stereocenters. The van der Waals surface area contributed by atoms with Crippen molar-refractivity contribution in [3.63, 3.8) is 0 Å². The first-order valence-electron chi connectivity index (χ1n) is 4.16. The lowest BCUT2D eigenvalue weighted by molar-refractivity contribution is 0.375. The van der Waals surface area contributed by atoms with Crippen LogP contribution in [-0.2, 0) is 6.42 Å². The van der Waals surface area contributed by atoms with E-state index in [2.05, 4.69) is 28.8 Å². The van der Waals surface area contributed by atoms with Gasteiger partial charge in [0.25, 0.3) is 0 Å². The number of ether oxygens (including phenoxy) is 1. The minimum atomic E-state index is 0.211. The Morgan fingerprint density at radius 2 is 2.00 bits per heavy atom. The molecule has 0 saturated heterocycles. The Morgan fingerprint density at radius 3 is 2.54 bits per heavy atom. The topological polar surface area (TPSA) is 73.9 Å². The lowest BCUT2D eigenvalue weighted by atomic mass is 10.1. The van der Waals surface area contributed by atoms with Crippen molar-refractivity contribution in [2.24, 2.45) is 5.92 Å². The quantitative estimate of drug-likeness (QED) is 0.743. The van der Waals surface area contributed by atoms with Gasteiger partial charge in [-0.15, -0.1) is 0 Å². The molecule has 0 atom stereocenters. The van der Waals surface area contributed by atoms with Crippen molar-refractivity contribution >= 4 is 5.95 Å². The predicted molar refractivity (Wildman–Crippen MR) is 49.3 cm³/mol. The molecule has 0 aliphatic rings. The molecule has 0 amide bonds. The molecular formula is C8H14N4O. The molecule has 0 aliphatic heterocycles. The minimum absolute atomic E-state index is 0.211. The van der Waals surface area contributed by atoms with Crippen LogP contribution in [0.5, 0.6) is 6.01 Å². The summed E-state index contributed by atoms with van der Waals surface area (Å²) in [6.07, 6.45) is 0.781. The maximum absolute atomic E-state index is 5.47. The number of methoxy groups -OCH3 is 1. The fourth-order valence-electron chi connectivity index (χ4n) is 0.963. The summed E-state index contributed by atoms with van der Waals surface area (Å²) in [5, 5.41) is 0. The molecule has 13 heavy (non-hydrogen) atoms. The van der Waals surface area contributed by atoms with Gasteiger partial charge in [-0.05, 0) is 5.92 Å². The third-order valence-electron chi connectivity index (χ3n) is 1.45. The molecule has 0 aliphatic carbocycles. The number of hydrogen-bond acceptors (Lipinski definition) is 5. The summed E-state index contributed by atoms with van der Waals surface area (Å²) in [5.74, 6) is 1.38. The zero-order valence-corrected chi connectivity index (χ0v) is 8.11. The van der Waals surface area contributed by atoms with Gasteiger partial charge in [-0.25, -0.2) is 0 Å². The number of hydrogen-bond donors (Lipinski definition) is 1. The van der Waals surface area contributed by atoms with Crippen molar-refractivity contribution < 1.29 is 4.74 Å². The Labute approximate surface area is 77.4 Å². The van der Waals surface area contributed by atoms with Crippen LogP contribution < -0.4 is 10.5 Å². The molecule has 1 rings (SSSR count). The van der Waals surface area contributed by atoms with Gasteiger partial charge in [0.05, 0.1) is 7.11 Å². The number of anilines is 1. The second-order valence-electron chi connectivity index (χ2n) is 3.19. The first-order valence-corrected chi connectivity index (χ1v) is 4.16. The SMILES string of the molecule is COc1nc(N)nc(CC(C)C)n1. The Balaban J connectivity index is 2.88. The second kappa shape index (κ2) is 4.02. The standard InChI is InChI=1S/C8H14N4O/c1-5(2)4-6-10-7(9)12-8(11-6)13-3/h5H,4H2,1-3H3,(H2,9,10,11,12). The van der Waals surface area contributed by atoms with Crippen LogP contribution in [0.2, 0.25) is 0 Å². The molecule has 0 bridgehead atoms. The predicted octanol–water partition coefficient (Wildman–Crippen LogP) is 0.661. The Morgan fingerprint density at radius 1 is 1.31 bits per heavy atom. The van der Waals surface area contributed by atoms with Crippen molar-refractivity contribution in [2.75, 3.05) is 12.8 Å². The maximum atomic E-state index is 5.47. The van der Waals surface area contributed by atoms with Gasteiger partial charge >= 0.3 is 6.01 Å². The molecule has 1 aromatic rings. The van der Waals surface area contributed by atoms with Gasteiger partial charge in [-0.2, -0.15) is 15.0 Å². The van der Waals surface area contributed by atoms with Crippen LogP contribution in [0, 0.1) is 5.92 Å². The summed E-state index contributed by atoms with van der Waals surface area (Å²) in [4.78, 5) is 11.9. The molecular weight excluding hydrogens is 168 g/mol. The van der Waals surface area contributed by atoms with Gasteiger partial charge < -0.3 is 10.5 Å². The van der Waals surface area contributed by atoms with Gasteiger partial charge in [-0.1, -0.05) is 13.8 Å². The van der Waals surface area contributed by atoms with E-state index in [1.807, 2.05) is 0 Å². The van der Waals surface area contributed by atoms with E-state index in [9.17, 15) is 0 Å². The first kappa shape index (κ1) is 9.70. The van der Waals surface area contributed by atoms with Crippen LogP contribution >= 0.6 is 0 Å². The van der Waals surface area contributed by atoms with E-state index in [0.717, 1.165) is 6.42 Å². The van der Waals surface area contributed by atoms with E-state index in [-0.39, 0.29) is 12.0 Å². The van der Waals surface area contributed by atoms with Gasteiger partial charge in [-0.3, -0.25) is 0 Å². The van der Waals surface area contributed by atoms with Crippen LogP contribution in [0.1, 0.15) is 19.7 Å². The molecule has 1 heterocycles. The third-order valence-corrected chi connectivity index (χ3v) is 1.45. The van der Waals surface area contributed by atoms with Gasteiger partial charge in [0.15, 0.2) is 0 Å². The summed E-state index contributed by atoms with van der Waals surface area (Å²) < 4.78 is 4.88. The molecule has 0 saturated carbocycles. The summed E-state index contributed by atoms with van der Waals surface area (Å²) in [6.45, 7) is 4.18. The van der Waals surface area contributed by atoms with Gasteiger partial charge in [0.2, 0.25) is 5.95 Å². The largest absolute Gasteiger partial charge is 0.467 e. The van der Waals surface area contributed by atoms with Gasteiger partial charge in [0.1, 0.15) is 5.82 Å². The zero-order valence-electron chi connectivity index (χ0n) is 8.11. The smallest absolute Gasteiger partial charge is 0.321 e. The normalized spacial score (nSPS) is 10.5. The molecule has 2 N–H and O–H groups in total. The highest BCUT2D eigenvalue weighted by molar-refractivity contribution is 5.18. The van der Waals surface area contributed by atoms with E-state index in [1.54, 1.807) is 0 Å². The highest BCUT2D eigenvalue weighted by atomic mass is 16.5. The molecule has 72 valence electrons. The van der Waals surface area contributed by atoms with E-state index in [4.69, 9.17) is 10.5 Å². The van der Waals surface area contributed by atoms with Crippen molar-refractivity contribution in [3.05, 3.63) is 5.82 Å². The van der Waals surface area contributed by atoms with Gasteiger partial charge in [0, 0.05) is 6.42 Å². The average molecular weight is 182 g/mol. The van der Waals surface area contributed by atoms with Crippen LogP contribution in [0.25, 0.3) is 0 Å². The Hall–Kier alpha value is -1.39. The Kier molecular flexibility index (Phi) is 3.00. The lowest BCUT2D eigenvalue weighted by Gasteiger charge is -2.04. The number of nitrogens with zero attached hydrogens (tertiary/aromatic N) is 3. The highest BCUT2D eigenvalue weighted by Gasteiger charge is 2.05. The molecule has 0 spiro atoms. The average Bonchev–Trinajstić information content (AvgIpc) is 2.01. The van der Waals surface area contributed by atoms with Crippen LogP contribution in [0.15, 0.2) is 0 Å². The van der Waals surface area contributed by atoms with Crippen molar-refractivity contribution in [1.29, 1.82) is 0 Å². The van der Waals surface area contributed by atoms with Crippen LogP contribution in [0.4, 0.5) is 5.95 Å². The molecule has 0 aromatic carbocycles. The summed E-state index contributed by atoms with van der Waals surface area (Å²) in [7, 11) is 1.51. The van der Waals surface area contributed by atoms with Crippen LogP contribution in [0.3, 0.4) is 0 Å². The molecule has 0 radical (unpaired) electrons. The zero-order chi connectivity index (χ0) is 9.84. The molecule has 1 aromatic heterocycles. The van der Waals surface area contributed by atoms with Crippen LogP contribution in [-0.4, -0.2) is 22.1 Å². The number of nitrogen functional groups attached to an aromatic ring is 1. The molecule has 0 fully saturated rings. The summed E-state index contributed by atoms with van der Waals surface area (Å²) >= 11 is 0. The fourth-order valence-corrected chi connectivity index (χ4v) is 0.963. The fraction of sp³-hybridized carbons (Fsp3) is 0.625. The van der Waals surface area contributed by atoms with E-state index in [0.29, 0.717) is 11.7 Å².